The molecule has 3 aromatic rings. The monoisotopic (exact) mass is 364 g/mol. The van der Waals surface area contributed by atoms with Gasteiger partial charge in [0, 0.05) is 21.1 Å². The van der Waals surface area contributed by atoms with E-state index in [1.54, 1.807) is 7.05 Å². The Morgan fingerprint density at radius 2 is 1.69 bits per heavy atom. The minimum atomic E-state index is -4.42. The fourth-order valence-corrected chi connectivity index (χ4v) is 2.67. The number of rotatable bonds is 2. The zero-order valence-corrected chi connectivity index (χ0v) is 14.2. The Labute approximate surface area is 145 Å². The van der Waals surface area contributed by atoms with Crippen molar-refractivity contribution in [1.82, 2.24) is 18.7 Å². The molecular formula is C17H15F3N4O2. The van der Waals surface area contributed by atoms with Crippen molar-refractivity contribution in [2.24, 2.45) is 21.1 Å². The zero-order chi connectivity index (χ0) is 19.2. The van der Waals surface area contributed by atoms with Crippen molar-refractivity contribution in [1.29, 1.82) is 0 Å². The number of aryl methyl sites for hydroxylation is 2. The second kappa shape index (κ2) is 6.01. The first-order valence-corrected chi connectivity index (χ1v) is 7.59. The van der Waals surface area contributed by atoms with E-state index in [4.69, 9.17) is 0 Å². The van der Waals surface area contributed by atoms with Gasteiger partial charge in [0.05, 0.1) is 5.56 Å². The first-order valence-electron chi connectivity index (χ1n) is 7.59. The molecule has 9 heteroatoms. The van der Waals surface area contributed by atoms with Crippen LogP contribution in [0.5, 0.6) is 0 Å². The van der Waals surface area contributed by atoms with Gasteiger partial charge >= 0.3 is 11.9 Å². The molecule has 0 atom stereocenters. The van der Waals surface area contributed by atoms with E-state index in [0.29, 0.717) is 11.4 Å². The molecule has 0 aliphatic heterocycles. The number of benzene rings is 1. The van der Waals surface area contributed by atoms with Crippen molar-refractivity contribution in [2.45, 2.75) is 6.18 Å². The van der Waals surface area contributed by atoms with Crippen molar-refractivity contribution in [3.8, 4) is 0 Å². The van der Waals surface area contributed by atoms with Gasteiger partial charge in [0.1, 0.15) is 5.82 Å². The van der Waals surface area contributed by atoms with Crippen LogP contribution in [0.25, 0.3) is 23.3 Å². The summed E-state index contributed by atoms with van der Waals surface area (Å²) in [5.41, 5.74) is -0.956. The molecule has 3 rings (SSSR count). The quantitative estimate of drug-likeness (QED) is 0.700. The fraction of sp³-hybridized carbons (Fsp3) is 0.235. The van der Waals surface area contributed by atoms with Gasteiger partial charge in [0.25, 0.3) is 5.56 Å². The maximum absolute atomic E-state index is 12.8. The largest absolute Gasteiger partial charge is 0.416 e. The SMILES string of the molecule is Cn1c(=O)c2c(nc(C=Cc3cccc(C(F)(F)F)c3)n2C)n(C)c1=O. The first-order chi connectivity index (χ1) is 12.1. The van der Waals surface area contributed by atoms with Crippen LogP contribution < -0.4 is 11.2 Å². The van der Waals surface area contributed by atoms with Gasteiger partial charge < -0.3 is 4.57 Å². The third-order valence-electron chi connectivity index (χ3n) is 4.15. The van der Waals surface area contributed by atoms with Gasteiger partial charge in [-0.25, -0.2) is 9.78 Å². The molecule has 6 nitrogen and oxygen atoms in total. The van der Waals surface area contributed by atoms with Crippen LogP contribution in [0.2, 0.25) is 0 Å². The molecule has 0 radical (unpaired) electrons. The lowest BCUT2D eigenvalue weighted by Crippen LogP contribution is -2.37. The highest BCUT2D eigenvalue weighted by atomic mass is 19.4. The molecule has 1 aromatic carbocycles. The summed E-state index contributed by atoms with van der Waals surface area (Å²) in [6.45, 7) is 0. The van der Waals surface area contributed by atoms with E-state index in [0.717, 1.165) is 16.7 Å². The Morgan fingerprint density at radius 3 is 2.35 bits per heavy atom. The maximum atomic E-state index is 12.8. The van der Waals surface area contributed by atoms with Crippen LogP contribution in [-0.4, -0.2) is 18.7 Å². The van der Waals surface area contributed by atoms with Crippen LogP contribution in [-0.2, 0) is 27.3 Å². The van der Waals surface area contributed by atoms with Crippen LogP contribution in [0.15, 0.2) is 33.9 Å². The lowest BCUT2D eigenvalue weighted by atomic mass is 10.1. The summed E-state index contributed by atoms with van der Waals surface area (Å²) >= 11 is 0. The Balaban J connectivity index is 2.11. The van der Waals surface area contributed by atoms with Crippen LogP contribution in [0.1, 0.15) is 17.0 Å². The van der Waals surface area contributed by atoms with Crippen LogP contribution >= 0.6 is 0 Å². The zero-order valence-electron chi connectivity index (χ0n) is 14.2. The van der Waals surface area contributed by atoms with Gasteiger partial charge in [-0.3, -0.25) is 13.9 Å². The number of aromatic nitrogens is 4. The maximum Gasteiger partial charge on any atom is 0.416 e. The number of alkyl halides is 3. The predicted octanol–water partition coefficient (Wildman–Crippen LogP) is 2.16. The molecule has 2 heterocycles. The van der Waals surface area contributed by atoms with Gasteiger partial charge in [0.15, 0.2) is 11.2 Å². The van der Waals surface area contributed by atoms with Gasteiger partial charge in [-0.2, -0.15) is 13.2 Å². The molecule has 0 spiro atoms. The molecular weight excluding hydrogens is 349 g/mol. The van der Waals surface area contributed by atoms with Crippen molar-refractivity contribution in [3.05, 3.63) is 62.1 Å². The van der Waals surface area contributed by atoms with E-state index in [1.807, 2.05) is 0 Å². The van der Waals surface area contributed by atoms with Crippen molar-refractivity contribution < 1.29 is 13.2 Å². The average molecular weight is 364 g/mol. The Kier molecular flexibility index (Phi) is 4.09. The highest BCUT2D eigenvalue weighted by Crippen LogP contribution is 2.29. The van der Waals surface area contributed by atoms with Crippen molar-refractivity contribution >= 4 is 23.3 Å². The average Bonchev–Trinajstić information content (AvgIpc) is 2.92. The van der Waals surface area contributed by atoms with Gasteiger partial charge in [-0.05, 0) is 23.8 Å². The Bertz CT molecular complexity index is 1150. The molecule has 136 valence electrons. The molecule has 26 heavy (non-hydrogen) atoms. The summed E-state index contributed by atoms with van der Waals surface area (Å²) in [4.78, 5) is 28.6. The van der Waals surface area contributed by atoms with Crippen LogP contribution in [0, 0.1) is 0 Å². The standard InChI is InChI=1S/C17H15F3N4O2/c1-22-12(8-7-10-5-4-6-11(9-10)17(18,19)20)21-14-13(22)15(25)24(3)16(26)23(14)2/h4-9H,1-3H3. The highest BCUT2D eigenvalue weighted by Gasteiger charge is 2.30. The molecule has 0 aliphatic rings. The smallest absolute Gasteiger partial charge is 0.322 e. The predicted molar refractivity (Wildman–Crippen MR) is 91.6 cm³/mol. The second-order valence-corrected chi connectivity index (χ2v) is 5.86. The van der Waals surface area contributed by atoms with E-state index in [9.17, 15) is 22.8 Å². The third kappa shape index (κ3) is 2.85. The number of hydrogen-bond donors (Lipinski definition) is 0. The third-order valence-corrected chi connectivity index (χ3v) is 4.15. The van der Waals surface area contributed by atoms with E-state index in [-0.39, 0.29) is 11.2 Å². The van der Waals surface area contributed by atoms with Crippen molar-refractivity contribution in [2.75, 3.05) is 0 Å². The van der Waals surface area contributed by atoms with E-state index in [1.165, 1.54) is 47.5 Å². The molecule has 0 N–H and O–H groups in total. The normalized spacial score (nSPS) is 12.4. The van der Waals surface area contributed by atoms with E-state index < -0.39 is 23.0 Å². The number of fused-ring (bicyclic) bond motifs is 1. The molecule has 0 saturated carbocycles. The minimum Gasteiger partial charge on any atom is -0.322 e. The lowest BCUT2D eigenvalue weighted by Gasteiger charge is -2.06. The topological polar surface area (TPSA) is 61.8 Å². The van der Waals surface area contributed by atoms with Gasteiger partial charge in [0.2, 0.25) is 0 Å². The van der Waals surface area contributed by atoms with Crippen LogP contribution in [0.4, 0.5) is 13.2 Å². The molecule has 0 aliphatic carbocycles. The molecule has 0 fully saturated rings. The number of imidazole rings is 1. The van der Waals surface area contributed by atoms with Crippen molar-refractivity contribution in [3.63, 3.8) is 0 Å². The second-order valence-electron chi connectivity index (χ2n) is 5.86. The van der Waals surface area contributed by atoms with E-state index in [2.05, 4.69) is 4.98 Å². The van der Waals surface area contributed by atoms with Crippen LogP contribution in [0.3, 0.4) is 0 Å². The minimum absolute atomic E-state index is 0.212. The lowest BCUT2D eigenvalue weighted by molar-refractivity contribution is -0.137. The molecule has 0 amide bonds. The van der Waals surface area contributed by atoms with Gasteiger partial charge in [-0.1, -0.05) is 18.2 Å². The van der Waals surface area contributed by atoms with Gasteiger partial charge in [-0.15, -0.1) is 0 Å². The first kappa shape index (κ1) is 17.7. The summed E-state index contributed by atoms with van der Waals surface area (Å²) in [7, 11) is 4.47. The van der Waals surface area contributed by atoms with E-state index >= 15 is 0 Å². The summed E-state index contributed by atoms with van der Waals surface area (Å²) in [5, 5.41) is 0. The molecule has 0 bridgehead atoms. The summed E-state index contributed by atoms with van der Waals surface area (Å²) < 4.78 is 42.1. The number of halogens is 3. The molecule has 2 aromatic heterocycles. The molecule has 0 unspecified atom stereocenters. The summed E-state index contributed by atoms with van der Waals surface area (Å²) in [6, 6.07) is 4.86. The Morgan fingerprint density at radius 1 is 1.00 bits per heavy atom. The molecule has 0 saturated heterocycles. The Hall–Kier alpha value is -3.10. The summed E-state index contributed by atoms with van der Waals surface area (Å²) in [6.07, 6.45) is -1.45. The number of hydrogen-bond acceptors (Lipinski definition) is 3. The number of nitrogens with zero attached hydrogens (tertiary/aromatic N) is 4. The fourth-order valence-electron chi connectivity index (χ4n) is 2.67. The summed E-state index contributed by atoms with van der Waals surface area (Å²) in [5.74, 6) is 0.343. The highest BCUT2D eigenvalue weighted by molar-refractivity contribution is 5.76.